The molecule has 3 heteroatoms. The summed E-state index contributed by atoms with van der Waals surface area (Å²) in [6.45, 7) is 3.12. The molecule has 0 N–H and O–H groups in total. The molecule has 1 aromatic carbocycles. The Kier molecular flexibility index (Phi) is 5.64. The van der Waals surface area contributed by atoms with Crippen LogP contribution in [0.15, 0.2) is 29.1 Å². The van der Waals surface area contributed by atoms with Crippen molar-refractivity contribution in [1.29, 1.82) is 0 Å². The number of hydrogen-bond acceptors (Lipinski definition) is 2. The van der Waals surface area contributed by atoms with Crippen molar-refractivity contribution in [3.8, 4) is 0 Å². The minimum Gasteiger partial charge on any atom is -0.299 e. The SMILES string of the molecule is CCCCCCCCCn1c(=O)sc2ccccc21. The maximum absolute atomic E-state index is 11.9. The summed E-state index contributed by atoms with van der Waals surface area (Å²) in [4.78, 5) is 12.1. The summed E-state index contributed by atoms with van der Waals surface area (Å²) in [5.74, 6) is 0. The first kappa shape index (κ1) is 14.3. The van der Waals surface area contributed by atoms with Gasteiger partial charge in [0.1, 0.15) is 0 Å². The van der Waals surface area contributed by atoms with E-state index in [9.17, 15) is 4.79 Å². The summed E-state index contributed by atoms with van der Waals surface area (Å²) >= 11 is 1.36. The summed E-state index contributed by atoms with van der Waals surface area (Å²) in [6, 6.07) is 8.09. The number of hydrogen-bond donors (Lipinski definition) is 0. The highest BCUT2D eigenvalue weighted by atomic mass is 32.1. The molecule has 0 unspecified atom stereocenters. The zero-order valence-electron chi connectivity index (χ0n) is 11.7. The zero-order chi connectivity index (χ0) is 13.5. The highest BCUT2D eigenvalue weighted by Gasteiger charge is 2.05. The van der Waals surface area contributed by atoms with E-state index in [2.05, 4.69) is 13.0 Å². The van der Waals surface area contributed by atoms with Crippen LogP contribution in [-0.4, -0.2) is 4.57 Å². The standard InChI is InChI=1S/C16H23NOS/c1-2-3-4-5-6-7-10-13-17-14-11-8-9-12-15(14)19-16(17)18/h8-9,11-12H,2-7,10,13H2,1H3. The van der Waals surface area contributed by atoms with Gasteiger partial charge < -0.3 is 0 Å². The molecule has 1 heterocycles. The summed E-state index contributed by atoms with van der Waals surface area (Å²) in [5.41, 5.74) is 1.10. The third-order valence-electron chi connectivity index (χ3n) is 3.56. The molecule has 2 rings (SSSR count). The lowest BCUT2D eigenvalue weighted by molar-refractivity contribution is 0.553. The Balaban J connectivity index is 1.82. The van der Waals surface area contributed by atoms with E-state index in [-0.39, 0.29) is 4.87 Å². The molecule has 0 fully saturated rings. The molecule has 0 aliphatic heterocycles. The molecule has 0 saturated carbocycles. The third kappa shape index (κ3) is 3.93. The van der Waals surface area contributed by atoms with Gasteiger partial charge in [0.15, 0.2) is 0 Å². The predicted octanol–water partition coefficient (Wildman–Crippen LogP) is 4.81. The maximum Gasteiger partial charge on any atom is 0.308 e. The van der Waals surface area contributed by atoms with Crippen molar-refractivity contribution in [3.05, 3.63) is 33.9 Å². The maximum atomic E-state index is 11.9. The number of unbranched alkanes of at least 4 members (excludes halogenated alkanes) is 6. The van der Waals surface area contributed by atoms with Gasteiger partial charge in [-0.15, -0.1) is 0 Å². The molecule has 2 aromatic rings. The molecule has 2 nitrogen and oxygen atoms in total. The van der Waals surface area contributed by atoms with E-state index in [4.69, 9.17) is 0 Å². The van der Waals surface area contributed by atoms with Crippen LogP contribution in [0.3, 0.4) is 0 Å². The monoisotopic (exact) mass is 277 g/mol. The number of nitrogens with zero attached hydrogens (tertiary/aromatic N) is 1. The lowest BCUT2D eigenvalue weighted by Crippen LogP contribution is -2.12. The molecule has 0 aliphatic rings. The van der Waals surface area contributed by atoms with E-state index in [0.717, 1.165) is 23.2 Å². The Morgan fingerprint density at radius 2 is 1.68 bits per heavy atom. The molecule has 0 aliphatic carbocycles. The van der Waals surface area contributed by atoms with Gasteiger partial charge in [0, 0.05) is 6.54 Å². The molecule has 0 radical (unpaired) electrons. The van der Waals surface area contributed by atoms with Gasteiger partial charge in [0.05, 0.1) is 10.2 Å². The van der Waals surface area contributed by atoms with Crippen molar-refractivity contribution in [2.24, 2.45) is 0 Å². The van der Waals surface area contributed by atoms with Gasteiger partial charge in [-0.05, 0) is 18.6 Å². The quantitative estimate of drug-likeness (QED) is 0.634. The first-order valence-corrected chi connectivity index (χ1v) is 8.23. The van der Waals surface area contributed by atoms with Crippen LogP contribution in [0.5, 0.6) is 0 Å². The first-order valence-electron chi connectivity index (χ1n) is 7.41. The van der Waals surface area contributed by atoms with E-state index < -0.39 is 0 Å². The number of aryl methyl sites for hydroxylation is 1. The van der Waals surface area contributed by atoms with Crippen molar-refractivity contribution in [1.82, 2.24) is 4.57 Å². The van der Waals surface area contributed by atoms with Crippen LogP contribution in [0, 0.1) is 0 Å². The van der Waals surface area contributed by atoms with Crippen molar-refractivity contribution >= 4 is 21.6 Å². The normalized spacial score (nSPS) is 11.2. The second kappa shape index (κ2) is 7.49. The summed E-state index contributed by atoms with van der Waals surface area (Å²) in [6.07, 6.45) is 9.01. The van der Waals surface area contributed by atoms with Crippen LogP contribution in [0.4, 0.5) is 0 Å². The molecule has 19 heavy (non-hydrogen) atoms. The minimum absolute atomic E-state index is 0.187. The largest absolute Gasteiger partial charge is 0.308 e. The highest BCUT2D eigenvalue weighted by Crippen LogP contribution is 2.17. The highest BCUT2D eigenvalue weighted by molar-refractivity contribution is 7.16. The molecule has 0 amide bonds. The van der Waals surface area contributed by atoms with Crippen molar-refractivity contribution in [2.45, 2.75) is 58.4 Å². The molecule has 0 atom stereocenters. The summed E-state index contributed by atoms with van der Waals surface area (Å²) in [7, 11) is 0. The van der Waals surface area contributed by atoms with Crippen LogP contribution in [0.25, 0.3) is 10.2 Å². The second-order valence-corrected chi connectivity index (χ2v) is 6.10. The number of fused-ring (bicyclic) bond motifs is 1. The van der Waals surface area contributed by atoms with E-state index in [1.165, 1.54) is 49.9 Å². The van der Waals surface area contributed by atoms with Gasteiger partial charge in [-0.25, -0.2) is 0 Å². The second-order valence-electron chi connectivity index (χ2n) is 5.11. The summed E-state index contributed by atoms with van der Waals surface area (Å²) in [5, 5.41) is 0. The molecular formula is C16H23NOS. The van der Waals surface area contributed by atoms with E-state index in [1.807, 2.05) is 22.8 Å². The van der Waals surface area contributed by atoms with E-state index in [1.54, 1.807) is 0 Å². The van der Waals surface area contributed by atoms with Crippen LogP contribution < -0.4 is 4.87 Å². The van der Waals surface area contributed by atoms with Crippen LogP contribution in [-0.2, 0) is 6.54 Å². The minimum atomic E-state index is 0.187. The predicted molar refractivity (Wildman–Crippen MR) is 84.1 cm³/mol. The van der Waals surface area contributed by atoms with Crippen molar-refractivity contribution in [2.75, 3.05) is 0 Å². The van der Waals surface area contributed by atoms with Gasteiger partial charge in [-0.1, -0.05) is 68.9 Å². The van der Waals surface area contributed by atoms with Gasteiger partial charge in [-0.3, -0.25) is 9.36 Å². The molecule has 0 spiro atoms. The van der Waals surface area contributed by atoms with E-state index in [0.29, 0.717) is 0 Å². The van der Waals surface area contributed by atoms with Gasteiger partial charge in [0.2, 0.25) is 0 Å². The number of thiazole rings is 1. The van der Waals surface area contributed by atoms with Crippen molar-refractivity contribution in [3.63, 3.8) is 0 Å². The average molecular weight is 277 g/mol. The number of rotatable bonds is 8. The Labute approximate surface area is 119 Å². The number of benzene rings is 1. The Morgan fingerprint density at radius 1 is 1.00 bits per heavy atom. The topological polar surface area (TPSA) is 22.0 Å². The van der Waals surface area contributed by atoms with Crippen LogP contribution in [0.2, 0.25) is 0 Å². The van der Waals surface area contributed by atoms with Crippen LogP contribution in [0.1, 0.15) is 51.9 Å². The average Bonchev–Trinajstić information content (AvgIpc) is 2.74. The molecule has 0 bridgehead atoms. The zero-order valence-corrected chi connectivity index (χ0v) is 12.5. The Bertz CT molecular complexity index is 555. The molecule has 104 valence electrons. The number of aromatic nitrogens is 1. The van der Waals surface area contributed by atoms with Gasteiger partial charge in [0.25, 0.3) is 0 Å². The van der Waals surface area contributed by atoms with Gasteiger partial charge in [-0.2, -0.15) is 0 Å². The van der Waals surface area contributed by atoms with Gasteiger partial charge >= 0.3 is 4.87 Å². The fourth-order valence-electron chi connectivity index (χ4n) is 2.45. The summed E-state index contributed by atoms with van der Waals surface area (Å²) < 4.78 is 3.04. The fraction of sp³-hybridized carbons (Fsp3) is 0.562. The molecule has 0 saturated heterocycles. The first-order chi connectivity index (χ1) is 9.33. The fourth-order valence-corrected chi connectivity index (χ4v) is 3.37. The smallest absolute Gasteiger partial charge is 0.299 e. The van der Waals surface area contributed by atoms with Crippen LogP contribution >= 0.6 is 11.3 Å². The Hall–Kier alpha value is -1.09. The lowest BCUT2D eigenvalue weighted by atomic mass is 10.1. The Morgan fingerprint density at radius 3 is 2.47 bits per heavy atom. The molecule has 1 aromatic heterocycles. The third-order valence-corrected chi connectivity index (χ3v) is 4.52. The lowest BCUT2D eigenvalue weighted by Gasteiger charge is -2.04. The molecular weight excluding hydrogens is 254 g/mol. The number of para-hydroxylation sites is 1. The van der Waals surface area contributed by atoms with Crippen molar-refractivity contribution < 1.29 is 0 Å². The van der Waals surface area contributed by atoms with E-state index >= 15 is 0 Å².